The van der Waals surface area contributed by atoms with Gasteiger partial charge in [0.05, 0.1) is 6.42 Å². The molecule has 1 aromatic rings. The Morgan fingerprint density at radius 2 is 1.75 bits per heavy atom. The Morgan fingerprint density at radius 1 is 1.25 bits per heavy atom. The highest BCUT2D eigenvalue weighted by molar-refractivity contribution is 7.97. The van der Waals surface area contributed by atoms with Crippen molar-refractivity contribution in [2.45, 2.75) is 50.5 Å². The number of rotatable bonds is 6. The summed E-state index contributed by atoms with van der Waals surface area (Å²) < 4.78 is 11.4. The molecule has 1 atom stereocenters. The fraction of sp³-hybridized carbons (Fsp3) is 0.591. The van der Waals surface area contributed by atoms with Gasteiger partial charge in [0, 0.05) is 34.5 Å². The normalized spacial score (nSPS) is 14.6. The first-order valence-corrected chi connectivity index (χ1v) is 13.1. The summed E-state index contributed by atoms with van der Waals surface area (Å²) in [5, 5.41) is 3.32. The summed E-state index contributed by atoms with van der Waals surface area (Å²) in [5.41, 5.74) is 0.960. The molecule has 28 heavy (non-hydrogen) atoms. The van der Waals surface area contributed by atoms with Gasteiger partial charge in [-0.2, -0.15) is 11.8 Å². The van der Waals surface area contributed by atoms with Gasteiger partial charge < -0.3 is 10.2 Å². The van der Waals surface area contributed by atoms with Crippen molar-refractivity contribution in [1.82, 2.24) is 10.2 Å². The molecule has 0 aromatic heterocycles. The second kappa shape index (κ2) is 16.8. The molecule has 0 bridgehead atoms. The van der Waals surface area contributed by atoms with Gasteiger partial charge in [-0.1, -0.05) is 38.5 Å². The fourth-order valence-electron chi connectivity index (χ4n) is 2.79. The van der Waals surface area contributed by atoms with Crippen molar-refractivity contribution in [3.63, 3.8) is 0 Å². The number of amides is 1. The van der Waals surface area contributed by atoms with E-state index in [2.05, 4.69) is 25.7 Å². The molecule has 0 aliphatic carbocycles. The van der Waals surface area contributed by atoms with Crippen LogP contribution < -0.4 is 5.32 Å². The predicted octanol–water partition coefficient (Wildman–Crippen LogP) is 4.13. The lowest BCUT2D eigenvalue weighted by Crippen LogP contribution is -2.46. The molecule has 1 aliphatic heterocycles. The Labute approximate surface area is 179 Å². The average molecular weight is 427 g/mol. The molecule has 1 aliphatic rings. The average Bonchev–Trinajstić information content (AvgIpc) is 2.68. The molecule has 1 aromatic carbocycles. The van der Waals surface area contributed by atoms with Gasteiger partial charge in [0.2, 0.25) is 5.91 Å². The molecule has 1 amide bonds. The van der Waals surface area contributed by atoms with Gasteiger partial charge in [0.25, 0.3) is 0 Å². The Balaban J connectivity index is 0.00000108. The topological polar surface area (TPSA) is 49.4 Å². The number of benzene rings is 1. The van der Waals surface area contributed by atoms with E-state index in [0.29, 0.717) is 19.0 Å². The van der Waals surface area contributed by atoms with Crippen LogP contribution in [0.1, 0.15) is 38.7 Å². The van der Waals surface area contributed by atoms with Crippen LogP contribution in [-0.2, 0) is 22.0 Å². The Kier molecular flexibility index (Phi) is 16.1. The van der Waals surface area contributed by atoms with Crippen molar-refractivity contribution in [3.8, 4) is 0 Å². The molecule has 0 saturated carbocycles. The molecule has 0 spiro atoms. The summed E-state index contributed by atoms with van der Waals surface area (Å²) in [7, 11) is -0.981. The highest BCUT2D eigenvalue weighted by atomic mass is 32.2. The molecular formula is C22H38N2O2S2. The molecule has 0 radical (unpaired) electrons. The van der Waals surface area contributed by atoms with Crippen molar-refractivity contribution in [2.24, 2.45) is 0 Å². The van der Waals surface area contributed by atoms with E-state index < -0.39 is 10.8 Å². The molecule has 1 heterocycles. The lowest BCUT2D eigenvalue weighted by molar-refractivity contribution is -0.132. The molecule has 1 fully saturated rings. The third kappa shape index (κ3) is 11.0. The van der Waals surface area contributed by atoms with E-state index in [1.54, 1.807) is 24.1 Å². The largest absolute Gasteiger partial charge is 0.336 e. The van der Waals surface area contributed by atoms with Crippen molar-refractivity contribution < 1.29 is 9.00 Å². The van der Waals surface area contributed by atoms with Crippen LogP contribution in [0.2, 0.25) is 0 Å². The Morgan fingerprint density at radius 3 is 2.18 bits per heavy atom. The zero-order chi connectivity index (χ0) is 21.4. The van der Waals surface area contributed by atoms with Crippen molar-refractivity contribution >= 4 is 28.5 Å². The van der Waals surface area contributed by atoms with Gasteiger partial charge in [-0.05, 0) is 56.1 Å². The van der Waals surface area contributed by atoms with Gasteiger partial charge in [-0.25, -0.2) is 0 Å². The van der Waals surface area contributed by atoms with Gasteiger partial charge in [0.1, 0.15) is 0 Å². The third-order valence-corrected chi connectivity index (χ3v) is 4.94. The second-order valence-corrected chi connectivity index (χ2v) is 8.90. The first-order chi connectivity index (χ1) is 13.4. The molecular weight excluding hydrogens is 388 g/mol. The summed E-state index contributed by atoms with van der Waals surface area (Å²) in [6.45, 7) is 10.5. The Hall–Kier alpha value is -1.11. The van der Waals surface area contributed by atoms with E-state index in [9.17, 15) is 9.00 Å². The highest BCUT2D eigenvalue weighted by Gasteiger charge is 2.24. The lowest BCUT2D eigenvalue weighted by Gasteiger charge is -2.34. The number of piperidine rings is 1. The number of carbonyl (C=O) groups is 1. The van der Waals surface area contributed by atoms with Crippen LogP contribution in [0.3, 0.4) is 0 Å². The van der Waals surface area contributed by atoms with Gasteiger partial charge in [0.15, 0.2) is 0 Å². The van der Waals surface area contributed by atoms with Crippen LogP contribution in [0.15, 0.2) is 41.8 Å². The fourth-order valence-corrected chi connectivity index (χ4v) is 3.31. The SMILES string of the molecule is C=CCN(C(=O)Cc1ccc(S(C)=O)cc1)C1CCNCC1.CCC.CSC. The standard InChI is InChI=1S/C17H24N2O2S.C3H8.C2H6S/c1-3-12-19(15-8-10-18-11-9-15)17(20)13-14-4-6-16(7-5-14)22(2)21;2*1-3-2/h3-7,15,18H,1,8-13H2,2H3;3H2,1-2H3;1-2H3. The second-order valence-electron chi connectivity index (χ2n) is 6.71. The van der Waals surface area contributed by atoms with Crippen LogP contribution in [0.4, 0.5) is 0 Å². The van der Waals surface area contributed by atoms with Crippen molar-refractivity contribution in [3.05, 3.63) is 42.5 Å². The number of nitrogens with one attached hydrogen (secondary N) is 1. The quantitative estimate of drug-likeness (QED) is 0.695. The van der Waals surface area contributed by atoms with Crippen molar-refractivity contribution in [2.75, 3.05) is 38.4 Å². The monoisotopic (exact) mass is 426 g/mol. The minimum absolute atomic E-state index is 0.136. The smallest absolute Gasteiger partial charge is 0.227 e. The van der Waals surface area contributed by atoms with E-state index in [-0.39, 0.29) is 5.91 Å². The highest BCUT2D eigenvalue weighted by Crippen LogP contribution is 2.15. The van der Waals surface area contributed by atoms with E-state index in [1.807, 2.05) is 41.7 Å². The lowest BCUT2D eigenvalue weighted by atomic mass is 10.0. The van der Waals surface area contributed by atoms with Crippen molar-refractivity contribution in [1.29, 1.82) is 0 Å². The maximum Gasteiger partial charge on any atom is 0.227 e. The predicted molar refractivity (Wildman–Crippen MR) is 126 cm³/mol. The summed E-state index contributed by atoms with van der Waals surface area (Å²) in [6, 6.07) is 7.75. The molecule has 1 saturated heterocycles. The summed E-state index contributed by atoms with van der Waals surface area (Å²) in [6.07, 6.45) is 11.2. The summed E-state index contributed by atoms with van der Waals surface area (Å²) >= 11 is 1.75. The summed E-state index contributed by atoms with van der Waals surface area (Å²) in [4.78, 5) is 15.4. The van der Waals surface area contributed by atoms with E-state index >= 15 is 0 Å². The molecule has 6 heteroatoms. The minimum atomic E-state index is -0.981. The van der Waals surface area contributed by atoms with Gasteiger partial charge >= 0.3 is 0 Å². The number of carbonyl (C=O) groups excluding carboxylic acids is 1. The molecule has 1 unspecified atom stereocenters. The molecule has 1 N–H and O–H groups in total. The van der Waals surface area contributed by atoms with Gasteiger partial charge in [-0.3, -0.25) is 9.00 Å². The zero-order valence-corrected chi connectivity index (χ0v) is 19.8. The van der Waals surface area contributed by atoms with Crippen LogP contribution in [0, 0.1) is 0 Å². The summed E-state index contributed by atoms with van der Waals surface area (Å²) in [5.74, 6) is 0.136. The maximum absolute atomic E-state index is 12.6. The van der Waals surface area contributed by atoms with Crippen LogP contribution in [0.25, 0.3) is 0 Å². The van der Waals surface area contributed by atoms with Crippen LogP contribution >= 0.6 is 11.8 Å². The van der Waals surface area contributed by atoms with Crippen LogP contribution in [0.5, 0.6) is 0 Å². The number of hydrogen-bond acceptors (Lipinski definition) is 4. The van der Waals surface area contributed by atoms with Crippen LogP contribution in [-0.4, -0.2) is 59.5 Å². The molecule has 2 rings (SSSR count). The first kappa shape index (κ1) is 26.9. The van der Waals surface area contributed by atoms with E-state index in [4.69, 9.17) is 0 Å². The Bertz CT molecular complexity index is 568. The maximum atomic E-state index is 12.6. The van der Waals surface area contributed by atoms with E-state index in [0.717, 1.165) is 36.4 Å². The van der Waals surface area contributed by atoms with Gasteiger partial charge in [-0.15, -0.1) is 6.58 Å². The minimum Gasteiger partial charge on any atom is -0.336 e. The number of nitrogens with zero attached hydrogens (tertiary/aromatic N) is 1. The zero-order valence-electron chi connectivity index (χ0n) is 18.2. The number of thioether (sulfide) groups is 1. The first-order valence-electron chi connectivity index (χ1n) is 9.88. The number of hydrogen-bond donors (Lipinski definition) is 1. The van der Waals surface area contributed by atoms with E-state index in [1.165, 1.54) is 6.42 Å². The third-order valence-electron chi connectivity index (χ3n) is 4.01. The molecule has 4 nitrogen and oxygen atoms in total. The molecule has 160 valence electrons.